The number of allylic oxidation sites excluding steroid dienone is 2. The summed E-state index contributed by atoms with van der Waals surface area (Å²) in [4.78, 5) is 60.9. The first kappa shape index (κ1) is 41.0. The minimum Gasteiger partial charge on any atom is -0.494 e. The molecule has 47 heavy (non-hydrogen) atoms. The number of aliphatic carboxylic acids is 3. The summed E-state index contributed by atoms with van der Waals surface area (Å²) in [6, 6.07) is 5.20. The summed E-state index contributed by atoms with van der Waals surface area (Å²) in [5, 5.41) is 42.1. The Labute approximate surface area is 278 Å². The normalized spacial score (nSPS) is 13.9. The van der Waals surface area contributed by atoms with Gasteiger partial charge in [0.15, 0.2) is 5.60 Å². The van der Waals surface area contributed by atoms with Crippen molar-refractivity contribution in [2.24, 2.45) is 11.8 Å². The average Bonchev–Trinajstić information content (AvgIpc) is 2.99. The van der Waals surface area contributed by atoms with Crippen molar-refractivity contribution in [3.8, 4) is 5.75 Å². The SMILES string of the molecule is C=CCCCCCC(=O)CCCCCC/C=C/[C@H](C(=O)N[C@@H](Cc1ccc(OCCC(C)C)cc1)C(=O)O)[C@@](O)(CC(=O)O)C(=O)O. The number of carbonyl (C=O) groups excluding carboxylic acids is 2. The number of Topliss-reactive ketones (excluding diaryl/α,β-unsaturated/α-hetero) is 1. The number of rotatable bonds is 27. The van der Waals surface area contributed by atoms with E-state index in [1.807, 2.05) is 6.08 Å². The minimum atomic E-state index is -3.02. The number of carbonyl (C=O) groups is 5. The molecule has 0 aliphatic heterocycles. The van der Waals surface area contributed by atoms with Crippen LogP contribution in [-0.2, 0) is 30.4 Å². The molecule has 262 valence electrons. The van der Waals surface area contributed by atoms with Crippen molar-refractivity contribution in [1.29, 1.82) is 0 Å². The van der Waals surface area contributed by atoms with Gasteiger partial charge in [-0.15, -0.1) is 6.58 Å². The molecule has 0 aromatic heterocycles. The number of carboxylic acids is 3. The number of hydrogen-bond acceptors (Lipinski definition) is 7. The molecular formula is C36H53NO10. The zero-order chi connectivity index (χ0) is 35.2. The Morgan fingerprint density at radius 1 is 0.894 bits per heavy atom. The van der Waals surface area contributed by atoms with Crippen molar-refractivity contribution < 1.29 is 49.1 Å². The summed E-state index contributed by atoms with van der Waals surface area (Å²) in [6.07, 6.45) is 12.3. The van der Waals surface area contributed by atoms with Crippen LogP contribution in [0.25, 0.3) is 0 Å². The molecule has 11 nitrogen and oxygen atoms in total. The van der Waals surface area contributed by atoms with Crippen molar-refractivity contribution in [2.75, 3.05) is 6.61 Å². The van der Waals surface area contributed by atoms with Crippen LogP contribution in [0.4, 0.5) is 0 Å². The Hall–Kier alpha value is -3.99. The standard InChI is InChI=1S/C36H53NO10/c1-4-5-6-9-12-15-28(38)16-13-10-7-8-11-14-17-30(36(46,35(44)45)25-32(39)40)33(41)37-31(34(42)43)24-27-18-20-29(21-19-27)47-23-22-26(2)3/h4,14,17-21,26,30-31,46H,1,5-13,15-16,22-25H2,2-3H3,(H,37,41)(H,39,40)(H,42,43)(H,44,45)/b17-14+/t30-,31+,36+/m1/s1. The van der Waals surface area contributed by atoms with E-state index in [0.717, 1.165) is 57.4 Å². The third-order valence-corrected chi connectivity index (χ3v) is 7.80. The van der Waals surface area contributed by atoms with Gasteiger partial charge < -0.3 is 30.5 Å². The first-order chi connectivity index (χ1) is 22.3. The van der Waals surface area contributed by atoms with E-state index >= 15 is 0 Å². The molecule has 11 heteroatoms. The number of aliphatic hydroxyl groups is 1. The second-order valence-corrected chi connectivity index (χ2v) is 12.4. The predicted molar refractivity (Wildman–Crippen MR) is 178 cm³/mol. The van der Waals surface area contributed by atoms with Gasteiger partial charge in [-0.05, 0) is 68.6 Å². The zero-order valence-electron chi connectivity index (χ0n) is 27.8. The van der Waals surface area contributed by atoms with Crippen LogP contribution in [0.15, 0.2) is 49.1 Å². The van der Waals surface area contributed by atoms with Crippen LogP contribution >= 0.6 is 0 Å². The van der Waals surface area contributed by atoms with E-state index in [1.165, 1.54) is 6.08 Å². The summed E-state index contributed by atoms with van der Waals surface area (Å²) in [7, 11) is 0. The number of benzene rings is 1. The number of carboxylic acid groups (broad SMARTS) is 3. The lowest BCUT2D eigenvalue weighted by atomic mass is 9.82. The number of ketones is 1. The second kappa shape index (κ2) is 22.5. The summed E-state index contributed by atoms with van der Waals surface area (Å²) < 4.78 is 5.68. The topological polar surface area (TPSA) is 188 Å². The quantitative estimate of drug-likeness (QED) is 0.0576. The van der Waals surface area contributed by atoms with E-state index in [4.69, 9.17) is 4.74 Å². The Balaban J connectivity index is 2.82. The van der Waals surface area contributed by atoms with Crippen molar-refractivity contribution in [3.63, 3.8) is 0 Å². The van der Waals surface area contributed by atoms with Crippen LogP contribution in [0.2, 0.25) is 0 Å². The molecule has 1 amide bonds. The fourth-order valence-electron chi connectivity index (χ4n) is 4.93. The summed E-state index contributed by atoms with van der Waals surface area (Å²) in [6.45, 7) is 8.37. The molecule has 0 saturated carbocycles. The second-order valence-electron chi connectivity index (χ2n) is 12.4. The number of amides is 1. The van der Waals surface area contributed by atoms with Gasteiger partial charge in [0.1, 0.15) is 17.6 Å². The molecule has 0 bridgehead atoms. The van der Waals surface area contributed by atoms with Gasteiger partial charge in [-0.3, -0.25) is 14.4 Å². The van der Waals surface area contributed by atoms with Gasteiger partial charge in [0, 0.05) is 19.3 Å². The molecule has 0 aliphatic rings. The van der Waals surface area contributed by atoms with Gasteiger partial charge in [-0.1, -0.05) is 63.5 Å². The van der Waals surface area contributed by atoms with E-state index < -0.39 is 47.8 Å². The van der Waals surface area contributed by atoms with Crippen molar-refractivity contribution in [2.45, 2.75) is 115 Å². The molecule has 5 N–H and O–H groups in total. The molecule has 0 unspecified atom stereocenters. The van der Waals surface area contributed by atoms with Crippen LogP contribution in [0.3, 0.4) is 0 Å². The van der Waals surface area contributed by atoms with Gasteiger partial charge in [-0.2, -0.15) is 0 Å². The molecular weight excluding hydrogens is 606 g/mol. The molecule has 1 aromatic carbocycles. The fraction of sp³-hybridized carbons (Fsp3) is 0.583. The van der Waals surface area contributed by atoms with Crippen molar-refractivity contribution in [3.05, 3.63) is 54.6 Å². The van der Waals surface area contributed by atoms with Crippen LogP contribution in [0.1, 0.15) is 103 Å². The Morgan fingerprint density at radius 3 is 2.04 bits per heavy atom. The number of nitrogens with one attached hydrogen (secondary N) is 1. The van der Waals surface area contributed by atoms with Crippen molar-refractivity contribution >= 4 is 29.6 Å². The predicted octanol–water partition coefficient (Wildman–Crippen LogP) is 5.73. The molecule has 0 spiro atoms. The first-order valence-corrected chi connectivity index (χ1v) is 16.5. The zero-order valence-corrected chi connectivity index (χ0v) is 27.8. The van der Waals surface area contributed by atoms with Crippen LogP contribution in [0.5, 0.6) is 5.75 Å². The molecule has 0 aliphatic carbocycles. The highest BCUT2D eigenvalue weighted by molar-refractivity contribution is 5.94. The lowest BCUT2D eigenvalue weighted by Gasteiger charge is -2.29. The molecule has 0 saturated heterocycles. The fourth-order valence-corrected chi connectivity index (χ4v) is 4.93. The lowest BCUT2D eigenvalue weighted by Crippen LogP contribution is -2.55. The van der Waals surface area contributed by atoms with E-state index in [9.17, 15) is 44.4 Å². The Kier molecular flexibility index (Phi) is 19.7. The molecule has 1 aromatic rings. The number of unbranched alkanes of at least 4 members (excludes halogenated alkanes) is 7. The molecule has 0 heterocycles. The maximum Gasteiger partial charge on any atom is 0.337 e. The highest BCUT2D eigenvalue weighted by Crippen LogP contribution is 2.26. The Bertz CT molecular complexity index is 1180. The van der Waals surface area contributed by atoms with Crippen LogP contribution in [0, 0.1) is 11.8 Å². The third-order valence-electron chi connectivity index (χ3n) is 7.80. The third kappa shape index (κ3) is 16.9. The molecule has 0 radical (unpaired) electrons. The van der Waals surface area contributed by atoms with E-state index in [1.54, 1.807) is 24.3 Å². The highest BCUT2D eigenvalue weighted by Gasteiger charge is 2.49. The maximum absolute atomic E-state index is 13.3. The molecule has 0 fully saturated rings. The first-order valence-electron chi connectivity index (χ1n) is 16.5. The smallest absolute Gasteiger partial charge is 0.337 e. The van der Waals surface area contributed by atoms with Crippen LogP contribution in [-0.4, -0.2) is 68.3 Å². The van der Waals surface area contributed by atoms with E-state index in [0.29, 0.717) is 49.5 Å². The van der Waals surface area contributed by atoms with Gasteiger partial charge >= 0.3 is 17.9 Å². The average molecular weight is 660 g/mol. The van der Waals surface area contributed by atoms with Gasteiger partial charge in [-0.25, -0.2) is 9.59 Å². The number of hydrogen-bond donors (Lipinski definition) is 5. The highest BCUT2D eigenvalue weighted by atomic mass is 16.5. The monoisotopic (exact) mass is 659 g/mol. The van der Waals surface area contributed by atoms with Gasteiger partial charge in [0.05, 0.1) is 18.9 Å². The Morgan fingerprint density at radius 2 is 1.49 bits per heavy atom. The largest absolute Gasteiger partial charge is 0.494 e. The van der Waals surface area contributed by atoms with E-state index in [-0.39, 0.29) is 12.2 Å². The summed E-state index contributed by atoms with van der Waals surface area (Å²) in [5.41, 5.74) is -2.46. The van der Waals surface area contributed by atoms with Crippen LogP contribution < -0.4 is 10.1 Å². The minimum absolute atomic E-state index is 0.147. The van der Waals surface area contributed by atoms with Gasteiger partial charge in [0.2, 0.25) is 5.91 Å². The van der Waals surface area contributed by atoms with E-state index in [2.05, 4.69) is 25.7 Å². The van der Waals surface area contributed by atoms with Gasteiger partial charge in [0.25, 0.3) is 0 Å². The lowest BCUT2D eigenvalue weighted by molar-refractivity contribution is -0.172. The maximum atomic E-state index is 13.3. The summed E-state index contributed by atoms with van der Waals surface area (Å²) in [5.74, 6) is -6.63. The van der Waals surface area contributed by atoms with Crippen molar-refractivity contribution in [1.82, 2.24) is 5.32 Å². The number of ether oxygens (including phenoxy) is 1. The molecule has 1 rings (SSSR count). The summed E-state index contributed by atoms with van der Waals surface area (Å²) >= 11 is 0. The molecule has 3 atom stereocenters.